The molecule has 0 amide bonds. The molecular weight excluding hydrogens is 388 g/mol. The van der Waals surface area contributed by atoms with Crippen molar-refractivity contribution in [2.75, 3.05) is 0 Å². The third kappa shape index (κ3) is 4.72. The Morgan fingerprint density at radius 2 is 1.69 bits per heavy atom. The maximum Gasteiger partial charge on any atom is 0.0919 e. The molecule has 4 aliphatic carbocycles. The third-order valence-corrected chi connectivity index (χ3v) is 11.2. The van der Waals surface area contributed by atoms with Crippen LogP contribution in [-0.4, -0.2) is 9.97 Å². The number of aromatic nitrogens is 2. The highest BCUT2D eigenvalue weighted by molar-refractivity contribution is 5.09. The van der Waals surface area contributed by atoms with Gasteiger partial charge in [0.1, 0.15) is 0 Å². The average Bonchev–Trinajstić information content (AvgIpc) is 3.44. The standard InChI is InChI=1S/C27H48.C3H4N2/c1-19(2)9-8-10-20(3)23-14-15-24-22-13-12-21-11-6-7-17-26(21,4)25(22)16-18-27(23,24)5;1-2-5-3-4-1/h19-25H,6-18H2,1-5H3;1-3H,(H,4,5)/t20?,21?,22-,23+,24-,25-,26-,27+;/m0./s1. The minimum absolute atomic E-state index is 0.677. The number of nitrogens with one attached hydrogen (secondary N) is 1. The van der Waals surface area contributed by atoms with Crippen LogP contribution in [0.15, 0.2) is 18.7 Å². The first kappa shape index (κ1) is 24.3. The highest BCUT2D eigenvalue weighted by Gasteiger charge is 2.59. The van der Waals surface area contributed by atoms with Crippen molar-refractivity contribution in [1.82, 2.24) is 9.97 Å². The van der Waals surface area contributed by atoms with E-state index in [-0.39, 0.29) is 0 Å². The minimum atomic E-state index is 0.677. The molecule has 2 heteroatoms. The molecule has 1 aromatic rings. The lowest BCUT2D eigenvalue weighted by atomic mass is 9.44. The number of H-pyrrole nitrogens is 1. The fourth-order valence-electron chi connectivity index (χ4n) is 9.53. The van der Waals surface area contributed by atoms with Crippen molar-refractivity contribution in [2.45, 2.75) is 118 Å². The summed E-state index contributed by atoms with van der Waals surface area (Å²) < 4.78 is 0. The van der Waals surface area contributed by atoms with Crippen molar-refractivity contribution in [3.05, 3.63) is 18.7 Å². The molecule has 5 rings (SSSR count). The van der Waals surface area contributed by atoms with Crippen LogP contribution in [0.3, 0.4) is 0 Å². The predicted molar refractivity (Wildman–Crippen MR) is 136 cm³/mol. The quantitative estimate of drug-likeness (QED) is 0.486. The van der Waals surface area contributed by atoms with E-state index >= 15 is 0 Å². The van der Waals surface area contributed by atoms with Crippen LogP contribution in [0.25, 0.3) is 0 Å². The smallest absolute Gasteiger partial charge is 0.0919 e. The molecule has 8 atom stereocenters. The summed E-state index contributed by atoms with van der Waals surface area (Å²) in [5.74, 6) is 7.15. The fraction of sp³-hybridized carbons (Fsp3) is 0.900. The van der Waals surface area contributed by atoms with Crippen LogP contribution in [0.1, 0.15) is 118 Å². The molecule has 0 aromatic carbocycles. The zero-order valence-corrected chi connectivity index (χ0v) is 21.9. The SMILES string of the molecule is CC(C)CCCC(C)[C@H]1CC[C@H]2[C@@H]3CCC4CCCC[C@]4(C)[C@H]3CC[C@]12C.c1c[nH]cn1. The van der Waals surface area contributed by atoms with Gasteiger partial charge in [-0.25, -0.2) is 4.98 Å². The van der Waals surface area contributed by atoms with Gasteiger partial charge in [-0.2, -0.15) is 0 Å². The van der Waals surface area contributed by atoms with Gasteiger partial charge in [0.2, 0.25) is 0 Å². The molecule has 4 fully saturated rings. The molecule has 0 aliphatic heterocycles. The Morgan fingerprint density at radius 1 is 0.875 bits per heavy atom. The first-order valence-corrected chi connectivity index (χ1v) is 14.3. The molecule has 32 heavy (non-hydrogen) atoms. The van der Waals surface area contributed by atoms with Crippen LogP contribution < -0.4 is 0 Å². The van der Waals surface area contributed by atoms with Crippen LogP contribution >= 0.6 is 0 Å². The van der Waals surface area contributed by atoms with Crippen LogP contribution in [0.4, 0.5) is 0 Å². The molecule has 1 N–H and O–H groups in total. The summed E-state index contributed by atoms with van der Waals surface area (Å²) in [5, 5.41) is 0. The van der Waals surface area contributed by atoms with Crippen LogP contribution in [0.2, 0.25) is 0 Å². The Balaban J connectivity index is 0.000000433. The molecule has 0 spiro atoms. The second-order valence-corrected chi connectivity index (χ2v) is 13.2. The summed E-state index contributed by atoms with van der Waals surface area (Å²) >= 11 is 0. The van der Waals surface area contributed by atoms with Gasteiger partial charge >= 0.3 is 0 Å². The van der Waals surface area contributed by atoms with E-state index in [4.69, 9.17) is 0 Å². The lowest BCUT2D eigenvalue weighted by Crippen LogP contribution is -2.53. The number of hydrogen-bond acceptors (Lipinski definition) is 1. The summed E-state index contributed by atoms with van der Waals surface area (Å²) in [6.45, 7) is 12.9. The molecular formula is C30H52N2. The van der Waals surface area contributed by atoms with Crippen LogP contribution in [0.5, 0.6) is 0 Å². The first-order valence-electron chi connectivity index (χ1n) is 14.3. The number of imidazole rings is 1. The van der Waals surface area contributed by atoms with E-state index in [1.165, 1.54) is 32.1 Å². The Morgan fingerprint density at radius 3 is 2.38 bits per heavy atom. The molecule has 182 valence electrons. The van der Waals surface area contributed by atoms with E-state index in [0.29, 0.717) is 10.8 Å². The molecule has 1 heterocycles. The topological polar surface area (TPSA) is 28.7 Å². The van der Waals surface area contributed by atoms with Gasteiger partial charge in [0.15, 0.2) is 0 Å². The molecule has 4 saturated carbocycles. The number of hydrogen-bond donors (Lipinski definition) is 1. The second kappa shape index (κ2) is 10.2. The van der Waals surface area contributed by atoms with E-state index in [2.05, 4.69) is 44.6 Å². The molecule has 0 bridgehead atoms. The molecule has 0 radical (unpaired) electrons. The zero-order valence-electron chi connectivity index (χ0n) is 21.9. The maximum absolute atomic E-state index is 3.67. The number of rotatable bonds is 5. The van der Waals surface area contributed by atoms with Crippen LogP contribution in [0, 0.1) is 52.3 Å². The average molecular weight is 441 g/mol. The van der Waals surface area contributed by atoms with E-state index < -0.39 is 0 Å². The number of aromatic amines is 1. The highest BCUT2D eigenvalue weighted by Crippen LogP contribution is 2.68. The summed E-state index contributed by atoms with van der Waals surface area (Å²) in [6.07, 6.45) is 25.0. The lowest BCUT2D eigenvalue weighted by Gasteiger charge is -2.61. The van der Waals surface area contributed by atoms with Crippen molar-refractivity contribution < 1.29 is 0 Å². The molecule has 2 unspecified atom stereocenters. The molecule has 2 nitrogen and oxygen atoms in total. The number of fused-ring (bicyclic) bond motifs is 5. The van der Waals surface area contributed by atoms with E-state index in [9.17, 15) is 0 Å². The van der Waals surface area contributed by atoms with Crippen molar-refractivity contribution in [2.24, 2.45) is 52.3 Å². The minimum Gasteiger partial charge on any atom is -0.351 e. The fourth-order valence-corrected chi connectivity index (χ4v) is 9.53. The van der Waals surface area contributed by atoms with Gasteiger partial charge in [-0.15, -0.1) is 0 Å². The van der Waals surface area contributed by atoms with Gasteiger partial charge < -0.3 is 4.98 Å². The zero-order chi connectivity index (χ0) is 22.8. The van der Waals surface area contributed by atoms with Crippen molar-refractivity contribution >= 4 is 0 Å². The molecule has 4 aliphatic rings. The monoisotopic (exact) mass is 440 g/mol. The van der Waals surface area contributed by atoms with E-state index in [0.717, 1.165) is 41.4 Å². The Bertz CT molecular complexity index is 664. The second-order valence-electron chi connectivity index (χ2n) is 13.2. The maximum atomic E-state index is 3.67. The van der Waals surface area contributed by atoms with Crippen LogP contribution in [-0.2, 0) is 0 Å². The largest absolute Gasteiger partial charge is 0.351 e. The van der Waals surface area contributed by atoms with Gasteiger partial charge in [-0.1, -0.05) is 66.7 Å². The van der Waals surface area contributed by atoms with Gasteiger partial charge in [0.05, 0.1) is 6.33 Å². The normalized spacial score (nSPS) is 41.8. The number of nitrogens with zero attached hydrogens (tertiary/aromatic N) is 1. The van der Waals surface area contributed by atoms with Crippen molar-refractivity contribution in [3.8, 4) is 0 Å². The Kier molecular flexibility index (Phi) is 7.78. The van der Waals surface area contributed by atoms with E-state index in [1.807, 2.05) is 0 Å². The Hall–Kier alpha value is -0.790. The Labute approximate surface area is 199 Å². The van der Waals surface area contributed by atoms with Crippen molar-refractivity contribution in [3.63, 3.8) is 0 Å². The van der Waals surface area contributed by atoms with Gasteiger partial charge in [0, 0.05) is 12.4 Å². The van der Waals surface area contributed by atoms with Crippen molar-refractivity contribution in [1.29, 1.82) is 0 Å². The summed E-state index contributed by atoms with van der Waals surface area (Å²) in [7, 11) is 0. The first-order chi connectivity index (χ1) is 15.4. The van der Waals surface area contributed by atoms with Gasteiger partial charge in [-0.05, 0) is 104 Å². The lowest BCUT2D eigenvalue weighted by molar-refractivity contribution is -0.114. The van der Waals surface area contributed by atoms with Gasteiger partial charge in [0.25, 0.3) is 0 Å². The van der Waals surface area contributed by atoms with Gasteiger partial charge in [-0.3, -0.25) is 0 Å². The highest BCUT2D eigenvalue weighted by atomic mass is 14.8. The predicted octanol–water partition coefficient (Wildman–Crippen LogP) is 8.91. The summed E-state index contributed by atoms with van der Waals surface area (Å²) in [5.41, 5.74) is 1.39. The summed E-state index contributed by atoms with van der Waals surface area (Å²) in [4.78, 5) is 6.42. The molecule has 0 saturated heterocycles. The molecule has 1 aromatic heterocycles. The summed E-state index contributed by atoms with van der Waals surface area (Å²) in [6, 6.07) is 0. The third-order valence-electron chi connectivity index (χ3n) is 11.2. The van der Waals surface area contributed by atoms with E-state index in [1.54, 1.807) is 70.1 Å².